The van der Waals surface area contributed by atoms with Crippen LogP contribution in [0.4, 0.5) is 0 Å². The van der Waals surface area contributed by atoms with Crippen LogP contribution >= 0.6 is 21.6 Å². The second-order valence-electron chi connectivity index (χ2n) is 4.43. The minimum Gasteiger partial charge on any atom is -0.497 e. The van der Waals surface area contributed by atoms with Crippen molar-refractivity contribution in [1.82, 2.24) is 0 Å². The lowest BCUT2D eigenvalue weighted by Gasteiger charge is -2.09. The van der Waals surface area contributed by atoms with Crippen LogP contribution in [0.3, 0.4) is 0 Å². The molecule has 0 spiro atoms. The van der Waals surface area contributed by atoms with Gasteiger partial charge in [0.25, 0.3) is 0 Å². The fourth-order valence-electron chi connectivity index (χ4n) is 1.77. The van der Waals surface area contributed by atoms with Crippen LogP contribution in [0, 0.1) is 13.8 Å². The predicted octanol–water partition coefficient (Wildman–Crippen LogP) is 5.12. The van der Waals surface area contributed by atoms with Crippen LogP contribution in [-0.2, 0) is 0 Å². The van der Waals surface area contributed by atoms with E-state index in [1.54, 1.807) is 35.8 Å². The van der Waals surface area contributed by atoms with Crippen LogP contribution < -0.4 is 9.47 Å². The smallest absolute Gasteiger partial charge is 0.119 e. The first-order valence-corrected chi connectivity index (χ1v) is 8.43. The molecular formula is C16H18O2S2. The van der Waals surface area contributed by atoms with Gasteiger partial charge in [-0.15, -0.1) is 0 Å². The molecule has 0 unspecified atom stereocenters. The van der Waals surface area contributed by atoms with Gasteiger partial charge in [0.05, 0.1) is 14.2 Å². The largest absolute Gasteiger partial charge is 0.497 e. The van der Waals surface area contributed by atoms with E-state index in [0.29, 0.717) is 0 Å². The summed E-state index contributed by atoms with van der Waals surface area (Å²) in [7, 11) is 6.92. The summed E-state index contributed by atoms with van der Waals surface area (Å²) in [5, 5.41) is 0. The lowest BCUT2D eigenvalue weighted by Crippen LogP contribution is -1.86. The van der Waals surface area contributed by atoms with Gasteiger partial charge in [-0.05, 0) is 61.4 Å². The highest BCUT2D eigenvalue weighted by atomic mass is 33.1. The van der Waals surface area contributed by atoms with E-state index >= 15 is 0 Å². The molecule has 0 heterocycles. The third-order valence-corrected chi connectivity index (χ3v) is 5.67. The predicted molar refractivity (Wildman–Crippen MR) is 87.2 cm³/mol. The molecule has 0 saturated heterocycles. The number of hydrogen-bond donors (Lipinski definition) is 0. The minimum atomic E-state index is 0.900. The molecule has 0 bridgehead atoms. The Morgan fingerprint density at radius 2 is 1.10 bits per heavy atom. The Morgan fingerprint density at radius 3 is 1.40 bits per heavy atom. The molecule has 0 amide bonds. The summed E-state index contributed by atoms with van der Waals surface area (Å²) < 4.78 is 10.5. The van der Waals surface area contributed by atoms with Gasteiger partial charge in [-0.2, -0.15) is 0 Å². The monoisotopic (exact) mass is 306 g/mol. The Balaban J connectivity index is 2.09. The summed E-state index contributed by atoms with van der Waals surface area (Å²) in [6.07, 6.45) is 0. The standard InChI is InChI=1S/C16H18O2S2/c1-11-9-13(17-3)5-7-15(11)19-20-16-8-6-14(18-4)10-12(16)2/h5-10H,1-4H3. The van der Waals surface area contributed by atoms with E-state index in [4.69, 9.17) is 9.47 Å². The number of rotatable bonds is 5. The van der Waals surface area contributed by atoms with Crippen molar-refractivity contribution in [2.24, 2.45) is 0 Å². The Kier molecular flexibility index (Phi) is 5.26. The van der Waals surface area contributed by atoms with Gasteiger partial charge >= 0.3 is 0 Å². The maximum atomic E-state index is 5.23. The Bertz CT molecular complexity index is 544. The van der Waals surface area contributed by atoms with Crippen LogP contribution in [0.25, 0.3) is 0 Å². The fourth-order valence-corrected chi connectivity index (χ4v) is 4.24. The van der Waals surface area contributed by atoms with Gasteiger partial charge in [-0.1, -0.05) is 21.6 Å². The van der Waals surface area contributed by atoms with E-state index in [0.717, 1.165) is 11.5 Å². The zero-order chi connectivity index (χ0) is 14.5. The van der Waals surface area contributed by atoms with E-state index < -0.39 is 0 Å². The number of hydrogen-bond acceptors (Lipinski definition) is 4. The fraction of sp³-hybridized carbons (Fsp3) is 0.250. The van der Waals surface area contributed by atoms with Crippen molar-refractivity contribution in [1.29, 1.82) is 0 Å². The van der Waals surface area contributed by atoms with Crippen molar-refractivity contribution in [3.63, 3.8) is 0 Å². The van der Waals surface area contributed by atoms with E-state index in [1.807, 2.05) is 12.1 Å². The van der Waals surface area contributed by atoms with E-state index in [-0.39, 0.29) is 0 Å². The van der Waals surface area contributed by atoms with Crippen molar-refractivity contribution in [2.45, 2.75) is 23.6 Å². The molecule has 2 nitrogen and oxygen atoms in total. The summed E-state index contributed by atoms with van der Waals surface area (Å²) in [6, 6.07) is 12.3. The quantitative estimate of drug-likeness (QED) is 0.713. The molecule has 0 fully saturated rings. The molecule has 106 valence electrons. The molecule has 4 heteroatoms. The van der Waals surface area contributed by atoms with Gasteiger partial charge in [0, 0.05) is 9.79 Å². The molecule has 2 rings (SSSR count). The zero-order valence-corrected chi connectivity index (χ0v) is 13.7. The third kappa shape index (κ3) is 3.64. The molecule has 0 saturated carbocycles. The first kappa shape index (κ1) is 15.1. The Hall–Kier alpha value is -1.26. The molecule has 2 aromatic carbocycles. The molecular weight excluding hydrogens is 288 g/mol. The van der Waals surface area contributed by atoms with E-state index in [2.05, 4.69) is 38.1 Å². The van der Waals surface area contributed by atoms with Gasteiger partial charge < -0.3 is 9.47 Å². The van der Waals surface area contributed by atoms with Gasteiger partial charge in [-0.25, -0.2) is 0 Å². The van der Waals surface area contributed by atoms with E-state index in [1.165, 1.54) is 20.9 Å². The average molecular weight is 306 g/mol. The number of ether oxygens (including phenoxy) is 2. The number of aryl methyl sites for hydroxylation is 2. The second-order valence-corrected chi connectivity index (χ2v) is 6.64. The third-order valence-electron chi connectivity index (χ3n) is 2.99. The maximum Gasteiger partial charge on any atom is 0.119 e. The maximum absolute atomic E-state index is 5.23. The highest BCUT2D eigenvalue weighted by Crippen LogP contribution is 2.41. The summed E-state index contributed by atoms with van der Waals surface area (Å²) in [4.78, 5) is 2.51. The minimum absolute atomic E-state index is 0.900. The zero-order valence-electron chi connectivity index (χ0n) is 12.1. The molecule has 0 aliphatic heterocycles. The Labute approximate surface area is 128 Å². The molecule has 0 aliphatic rings. The average Bonchev–Trinajstić information content (AvgIpc) is 2.46. The van der Waals surface area contributed by atoms with Crippen molar-refractivity contribution in [2.75, 3.05) is 14.2 Å². The topological polar surface area (TPSA) is 18.5 Å². The lowest BCUT2D eigenvalue weighted by atomic mass is 10.2. The lowest BCUT2D eigenvalue weighted by molar-refractivity contribution is 0.414. The summed E-state index contributed by atoms with van der Waals surface area (Å²) >= 11 is 0. The van der Waals surface area contributed by atoms with Gasteiger partial charge in [0.1, 0.15) is 11.5 Å². The normalized spacial score (nSPS) is 10.4. The highest BCUT2D eigenvalue weighted by molar-refractivity contribution is 8.76. The van der Waals surface area contributed by atoms with Crippen LogP contribution in [0.1, 0.15) is 11.1 Å². The molecule has 0 N–H and O–H groups in total. The van der Waals surface area contributed by atoms with Crippen LogP contribution in [0.2, 0.25) is 0 Å². The number of methoxy groups -OCH3 is 2. The number of benzene rings is 2. The summed E-state index contributed by atoms with van der Waals surface area (Å²) in [5.41, 5.74) is 2.46. The SMILES string of the molecule is COc1ccc(SSc2ccc(OC)cc2C)c(C)c1. The van der Waals surface area contributed by atoms with Gasteiger partial charge in [0.2, 0.25) is 0 Å². The molecule has 0 radical (unpaired) electrons. The van der Waals surface area contributed by atoms with Crippen molar-refractivity contribution in [3.8, 4) is 11.5 Å². The molecule has 0 atom stereocenters. The highest BCUT2D eigenvalue weighted by Gasteiger charge is 2.05. The molecule has 2 aromatic rings. The van der Waals surface area contributed by atoms with Gasteiger partial charge in [0.15, 0.2) is 0 Å². The summed E-state index contributed by atoms with van der Waals surface area (Å²) in [6.45, 7) is 4.21. The second kappa shape index (κ2) is 6.95. The molecule has 20 heavy (non-hydrogen) atoms. The molecule has 0 aliphatic carbocycles. The Morgan fingerprint density at radius 1 is 0.700 bits per heavy atom. The van der Waals surface area contributed by atoms with Crippen molar-refractivity contribution < 1.29 is 9.47 Å². The van der Waals surface area contributed by atoms with E-state index in [9.17, 15) is 0 Å². The molecule has 0 aromatic heterocycles. The summed E-state index contributed by atoms with van der Waals surface area (Å²) in [5.74, 6) is 1.80. The first-order chi connectivity index (χ1) is 9.63. The van der Waals surface area contributed by atoms with Crippen molar-refractivity contribution >= 4 is 21.6 Å². The first-order valence-electron chi connectivity index (χ1n) is 6.28. The van der Waals surface area contributed by atoms with Crippen molar-refractivity contribution in [3.05, 3.63) is 47.5 Å². The van der Waals surface area contributed by atoms with Crippen LogP contribution in [-0.4, -0.2) is 14.2 Å². The van der Waals surface area contributed by atoms with Gasteiger partial charge in [-0.3, -0.25) is 0 Å². The van der Waals surface area contributed by atoms with Crippen LogP contribution in [0.5, 0.6) is 11.5 Å². The van der Waals surface area contributed by atoms with Crippen LogP contribution in [0.15, 0.2) is 46.2 Å².